The molecule has 5 heteroatoms. The van der Waals surface area contributed by atoms with Crippen molar-refractivity contribution in [2.24, 2.45) is 0 Å². The van der Waals surface area contributed by atoms with Crippen molar-refractivity contribution in [1.82, 2.24) is 5.32 Å². The van der Waals surface area contributed by atoms with Crippen LogP contribution in [0.15, 0.2) is 24.3 Å². The normalized spacial score (nSPS) is 11.0. The van der Waals surface area contributed by atoms with Gasteiger partial charge in [0.05, 0.1) is 12.2 Å². The highest BCUT2D eigenvalue weighted by Gasteiger charge is 2.18. The topological polar surface area (TPSA) is 64.6 Å². The summed E-state index contributed by atoms with van der Waals surface area (Å²) < 4.78 is 10.1. The van der Waals surface area contributed by atoms with Crippen LogP contribution >= 0.6 is 0 Å². The van der Waals surface area contributed by atoms with Crippen LogP contribution in [0.25, 0.3) is 0 Å². The predicted octanol–water partition coefficient (Wildman–Crippen LogP) is 2.02. The van der Waals surface area contributed by atoms with Crippen molar-refractivity contribution >= 4 is 11.9 Å². The molecule has 110 valence electrons. The summed E-state index contributed by atoms with van der Waals surface area (Å²) in [5, 5.41) is 2.71. The molecule has 0 saturated carbocycles. The minimum Gasteiger partial charge on any atom is -0.456 e. The van der Waals surface area contributed by atoms with Gasteiger partial charge < -0.3 is 14.8 Å². The summed E-state index contributed by atoms with van der Waals surface area (Å²) in [7, 11) is 1.57. The molecule has 0 unspecified atom stereocenters. The van der Waals surface area contributed by atoms with E-state index in [1.54, 1.807) is 31.4 Å². The number of benzene rings is 1. The Morgan fingerprint density at radius 1 is 1.10 bits per heavy atom. The van der Waals surface area contributed by atoms with E-state index in [4.69, 9.17) is 9.47 Å². The highest BCUT2D eigenvalue weighted by atomic mass is 16.6. The van der Waals surface area contributed by atoms with Crippen molar-refractivity contribution in [3.05, 3.63) is 35.4 Å². The van der Waals surface area contributed by atoms with Gasteiger partial charge in [0.1, 0.15) is 5.60 Å². The van der Waals surface area contributed by atoms with E-state index in [0.717, 1.165) is 0 Å². The van der Waals surface area contributed by atoms with Gasteiger partial charge >= 0.3 is 5.97 Å². The summed E-state index contributed by atoms with van der Waals surface area (Å²) in [6.45, 7) is 6.33. The van der Waals surface area contributed by atoms with Crippen LogP contribution < -0.4 is 5.32 Å². The number of methoxy groups -OCH3 is 1. The van der Waals surface area contributed by atoms with E-state index in [0.29, 0.717) is 24.3 Å². The van der Waals surface area contributed by atoms with Crippen molar-refractivity contribution < 1.29 is 19.1 Å². The summed E-state index contributed by atoms with van der Waals surface area (Å²) in [6.07, 6.45) is 0. The van der Waals surface area contributed by atoms with Crippen LogP contribution in [0.1, 0.15) is 41.5 Å². The SMILES string of the molecule is COCCNC(=O)c1ccc(C(=O)OC(C)(C)C)cc1. The summed E-state index contributed by atoms with van der Waals surface area (Å²) in [6, 6.07) is 6.36. The van der Waals surface area contributed by atoms with E-state index in [9.17, 15) is 9.59 Å². The molecule has 0 heterocycles. The molecule has 1 rings (SSSR count). The fraction of sp³-hybridized carbons (Fsp3) is 0.467. The van der Waals surface area contributed by atoms with E-state index in [1.165, 1.54) is 0 Å². The maximum absolute atomic E-state index is 11.8. The molecule has 0 spiro atoms. The molecule has 0 bridgehead atoms. The maximum atomic E-state index is 11.8. The number of esters is 1. The van der Waals surface area contributed by atoms with Crippen LogP contribution in [0.2, 0.25) is 0 Å². The molecule has 0 aliphatic carbocycles. The lowest BCUT2D eigenvalue weighted by Crippen LogP contribution is -2.27. The first-order chi connectivity index (χ1) is 9.33. The van der Waals surface area contributed by atoms with Crippen molar-refractivity contribution in [3.8, 4) is 0 Å². The number of hydrogen-bond acceptors (Lipinski definition) is 4. The van der Waals surface area contributed by atoms with Gasteiger partial charge in [-0.25, -0.2) is 4.79 Å². The molecule has 1 N–H and O–H groups in total. The van der Waals surface area contributed by atoms with Crippen LogP contribution in [-0.2, 0) is 9.47 Å². The monoisotopic (exact) mass is 279 g/mol. The Kier molecular flexibility index (Phi) is 5.70. The van der Waals surface area contributed by atoms with Crippen LogP contribution in [0, 0.1) is 0 Å². The van der Waals surface area contributed by atoms with Gasteiger partial charge in [-0.05, 0) is 45.0 Å². The van der Waals surface area contributed by atoms with Gasteiger partial charge in [-0.1, -0.05) is 0 Å². The zero-order chi connectivity index (χ0) is 15.2. The average molecular weight is 279 g/mol. The van der Waals surface area contributed by atoms with Crippen LogP contribution in [0.4, 0.5) is 0 Å². The molecule has 1 aromatic rings. The minimum absolute atomic E-state index is 0.196. The Balaban J connectivity index is 2.64. The fourth-order valence-corrected chi connectivity index (χ4v) is 1.46. The average Bonchev–Trinajstić information content (AvgIpc) is 2.37. The lowest BCUT2D eigenvalue weighted by atomic mass is 10.1. The van der Waals surface area contributed by atoms with Gasteiger partial charge in [0.2, 0.25) is 0 Å². The molecule has 5 nitrogen and oxygen atoms in total. The van der Waals surface area contributed by atoms with Gasteiger partial charge in [-0.2, -0.15) is 0 Å². The maximum Gasteiger partial charge on any atom is 0.338 e. The van der Waals surface area contributed by atoms with E-state index < -0.39 is 11.6 Å². The summed E-state index contributed by atoms with van der Waals surface area (Å²) in [5.74, 6) is -0.596. The number of carbonyl (C=O) groups is 2. The molecule has 0 fully saturated rings. The lowest BCUT2D eigenvalue weighted by Gasteiger charge is -2.19. The van der Waals surface area contributed by atoms with Crippen LogP contribution in [-0.4, -0.2) is 37.7 Å². The number of hydrogen-bond donors (Lipinski definition) is 1. The number of nitrogens with one attached hydrogen (secondary N) is 1. The molecule has 1 amide bonds. The Labute approximate surface area is 119 Å². The Hall–Kier alpha value is -1.88. The molecular formula is C15H21NO4. The molecule has 1 aromatic carbocycles. The number of rotatable bonds is 5. The first kappa shape index (κ1) is 16.2. The second kappa shape index (κ2) is 7.05. The second-order valence-corrected chi connectivity index (χ2v) is 5.33. The quantitative estimate of drug-likeness (QED) is 0.661. The second-order valence-electron chi connectivity index (χ2n) is 5.33. The molecule has 0 atom stereocenters. The molecule has 0 aliphatic rings. The van der Waals surface area contributed by atoms with Crippen molar-refractivity contribution in [1.29, 1.82) is 0 Å². The Morgan fingerprint density at radius 2 is 1.65 bits per heavy atom. The first-order valence-electron chi connectivity index (χ1n) is 6.44. The zero-order valence-corrected chi connectivity index (χ0v) is 12.4. The number of ether oxygens (including phenoxy) is 2. The molecule has 0 saturated heterocycles. The Bertz CT molecular complexity index is 460. The molecule has 0 radical (unpaired) electrons. The van der Waals surface area contributed by atoms with Gasteiger partial charge in [-0.3, -0.25) is 4.79 Å². The van der Waals surface area contributed by atoms with Crippen LogP contribution in [0.3, 0.4) is 0 Å². The third kappa shape index (κ3) is 5.40. The van der Waals surface area contributed by atoms with Gasteiger partial charge in [0, 0.05) is 19.2 Å². The largest absolute Gasteiger partial charge is 0.456 e. The van der Waals surface area contributed by atoms with Gasteiger partial charge in [0.25, 0.3) is 5.91 Å². The van der Waals surface area contributed by atoms with Gasteiger partial charge in [-0.15, -0.1) is 0 Å². The highest BCUT2D eigenvalue weighted by molar-refractivity contribution is 5.96. The standard InChI is InChI=1S/C15H21NO4/c1-15(2,3)20-14(18)12-7-5-11(6-8-12)13(17)16-9-10-19-4/h5-8H,9-10H2,1-4H3,(H,16,17). The van der Waals surface area contributed by atoms with E-state index in [-0.39, 0.29) is 5.91 Å². The highest BCUT2D eigenvalue weighted by Crippen LogP contribution is 2.12. The molecule has 0 aliphatic heterocycles. The molecule has 0 aromatic heterocycles. The van der Waals surface area contributed by atoms with Crippen LogP contribution in [0.5, 0.6) is 0 Å². The van der Waals surface area contributed by atoms with Crippen molar-refractivity contribution in [2.75, 3.05) is 20.3 Å². The molecule has 20 heavy (non-hydrogen) atoms. The third-order valence-electron chi connectivity index (χ3n) is 2.37. The number of carbonyl (C=O) groups excluding carboxylic acids is 2. The first-order valence-corrected chi connectivity index (χ1v) is 6.44. The zero-order valence-electron chi connectivity index (χ0n) is 12.4. The number of amides is 1. The van der Waals surface area contributed by atoms with E-state index in [2.05, 4.69) is 5.32 Å². The summed E-state index contributed by atoms with van der Waals surface area (Å²) in [4.78, 5) is 23.6. The fourth-order valence-electron chi connectivity index (χ4n) is 1.46. The summed E-state index contributed by atoms with van der Waals surface area (Å²) >= 11 is 0. The van der Waals surface area contributed by atoms with Crippen molar-refractivity contribution in [2.45, 2.75) is 26.4 Å². The lowest BCUT2D eigenvalue weighted by molar-refractivity contribution is 0.00693. The smallest absolute Gasteiger partial charge is 0.338 e. The molecular weight excluding hydrogens is 258 g/mol. The predicted molar refractivity (Wildman–Crippen MR) is 75.8 cm³/mol. The van der Waals surface area contributed by atoms with Crippen molar-refractivity contribution in [3.63, 3.8) is 0 Å². The third-order valence-corrected chi connectivity index (χ3v) is 2.37. The minimum atomic E-state index is -0.534. The van der Waals surface area contributed by atoms with E-state index in [1.807, 2.05) is 20.8 Å². The van der Waals surface area contributed by atoms with Gasteiger partial charge in [0.15, 0.2) is 0 Å². The van der Waals surface area contributed by atoms with E-state index >= 15 is 0 Å². The summed E-state index contributed by atoms with van der Waals surface area (Å²) in [5.41, 5.74) is 0.384. The Morgan fingerprint density at radius 3 is 2.15 bits per heavy atom.